The van der Waals surface area contributed by atoms with Crippen LogP contribution in [0.5, 0.6) is 0 Å². The van der Waals surface area contributed by atoms with Gasteiger partial charge in [0.05, 0.1) is 0 Å². The van der Waals surface area contributed by atoms with E-state index in [1.807, 2.05) is 12.1 Å². The first kappa shape index (κ1) is 17.2. The van der Waals surface area contributed by atoms with Gasteiger partial charge in [-0.15, -0.1) is 0 Å². The number of benzene rings is 1. The average molecular weight is 279 g/mol. The standard InChI is InChI=1S/C18H30FN/c1-4-7-12-18(6-3,15-20-13-5-2)14-16-8-10-17(19)11-9-16/h8-11,20H,4-7,12-15H2,1-3H3. The van der Waals surface area contributed by atoms with Crippen LogP contribution in [-0.4, -0.2) is 13.1 Å². The van der Waals surface area contributed by atoms with Gasteiger partial charge < -0.3 is 5.32 Å². The van der Waals surface area contributed by atoms with E-state index in [1.54, 1.807) is 12.1 Å². The van der Waals surface area contributed by atoms with Crippen LogP contribution >= 0.6 is 0 Å². The second kappa shape index (κ2) is 9.12. The highest BCUT2D eigenvalue weighted by molar-refractivity contribution is 5.18. The normalized spacial score (nSPS) is 14.2. The molecule has 1 rings (SSSR count). The highest BCUT2D eigenvalue weighted by atomic mass is 19.1. The molecule has 0 fully saturated rings. The predicted octanol–water partition coefficient (Wildman–Crippen LogP) is 4.95. The molecule has 1 nitrogen and oxygen atoms in total. The van der Waals surface area contributed by atoms with Gasteiger partial charge in [0, 0.05) is 6.54 Å². The van der Waals surface area contributed by atoms with E-state index in [-0.39, 0.29) is 5.82 Å². The number of rotatable bonds is 10. The van der Waals surface area contributed by atoms with Crippen LogP contribution < -0.4 is 5.32 Å². The molecule has 114 valence electrons. The van der Waals surface area contributed by atoms with Crippen LogP contribution in [0.15, 0.2) is 24.3 Å². The van der Waals surface area contributed by atoms with E-state index >= 15 is 0 Å². The van der Waals surface area contributed by atoms with Gasteiger partial charge in [-0.1, -0.05) is 45.7 Å². The minimum Gasteiger partial charge on any atom is -0.316 e. The Labute approximate surface area is 124 Å². The minimum absolute atomic E-state index is 0.145. The van der Waals surface area contributed by atoms with Crippen molar-refractivity contribution in [1.29, 1.82) is 0 Å². The largest absolute Gasteiger partial charge is 0.316 e. The van der Waals surface area contributed by atoms with Gasteiger partial charge in [0.25, 0.3) is 0 Å². The van der Waals surface area contributed by atoms with Gasteiger partial charge in [-0.2, -0.15) is 0 Å². The third-order valence-electron chi connectivity index (χ3n) is 4.23. The van der Waals surface area contributed by atoms with Crippen LogP contribution in [0, 0.1) is 11.2 Å². The Kier molecular flexibility index (Phi) is 7.83. The molecule has 1 N–H and O–H groups in total. The summed E-state index contributed by atoms with van der Waals surface area (Å²) in [5, 5.41) is 3.59. The molecule has 0 spiro atoms. The highest BCUT2D eigenvalue weighted by Crippen LogP contribution is 2.32. The summed E-state index contributed by atoms with van der Waals surface area (Å²) in [7, 11) is 0. The van der Waals surface area contributed by atoms with Crippen molar-refractivity contribution in [1.82, 2.24) is 5.32 Å². The van der Waals surface area contributed by atoms with Crippen LogP contribution in [0.25, 0.3) is 0 Å². The summed E-state index contributed by atoms with van der Waals surface area (Å²) in [5.41, 5.74) is 1.56. The Hall–Kier alpha value is -0.890. The molecule has 1 unspecified atom stereocenters. The van der Waals surface area contributed by atoms with Crippen LogP contribution in [0.1, 0.15) is 58.4 Å². The quantitative estimate of drug-likeness (QED) is 0.597. The summed E-state index contributed by atoms with van der Waals surface area (Å²) in [5.74, 6) is -0.145. The first-order chi connectivity index (χ1) is 9.65. The summed E-state index contributed by atoms with van der Waals surface area (Å²) in [4.78, 5) is 0. The van der Waals surface area contributed by atoms with Crippen LogP contribution in [0.3, 0.4) is 0 Å². The van der Waals surface area contributed by atoms with Crippen molar-refractivity contribution >= 4 is 0 Å². The predicted molar refractivity (Wildman–Crippen MR) is 85.5 cm³/mol. The first-order valence-electron chi connectivity index (χ1n) is 8.11. The summed E-state index contributed by atoms with van der Waals surface area (Å²) >= 11 is 0. The Morgan fingerprint density at radius 1 is 1.05 bits per heavy atom. The molecule has 0 heterocycles. The van der Waals surface area contributed by atoms with Crippen LogP contribution in [0.2, 0.25) is 0 Å². The van der Waals surface area contributed by atoms with E-state index in [4.69, 9.17) is 0 Å². The van der Waals surface area contributed by atoms with Gasteiger partial charge >= 0.3 is 0 Å². The molecule has 0 saturated carbocycles. The van der Waals surface area contributed by atoms with Gasteiger partial charge in [0.1, 0.15) is 5.82 Å². The van der Waals surface area contributed by atoms with E-state index in [2.05, 4.69) is 26.1 Å². The van der Waals surface area contributed by atoms with Crippen molar-refractivity contribution in [2.24, 2.45) is 5.41 Å². The number of hydrogen-bond acceptors (Lipinski definition) is 1. The SMILES string of the molecule is CCCCC(CC)(CNCCC)Cc1ccc(F)cc1. The Morgan fingerprint density at radius 2 is 1.75 bits per heavy atom. The third kappa shape index (κ3) is 5.62. The second-order valence-corrected chi connectivity index (χ2v) is 5.94. The smallest absolute Gasteiger partial charge is 0.123 e. The zero-order chi connectivity index (χ0) is 14.8. The number of nitrogens with one attached hydrogen (secondary N) is 1. The lowest BCUT2D eigenvalue weighted by Gasteiger charge is -2.34. The Morgan fingerprint density at radius 3 is 2.30 bits per heavy atom. The van der Waals surface area contributed by atoms with Gasteiger partial charge in [-0.05, 0) is 55.3 Å². The molecule has 1 aromatic rings. The van der Waals surface area contributed by atoms with Crippen LogP contribution in [-0.2, 0) is 6.42 Å². The molecular formula is C18H30FN. The van der Waals surface area contributed by atoms with E-state index in [1.165, 1.54) is 37.7 Å². The van der Waals surface area contributed by atoms with Crippen LogP contribution in [0.4, 0.5) is 4.39 Å². The topological polar surface area (TPSA) is 12.0 Å². The van der Waals surface area contributed by atoms with E-state index in [9.17, 15) is 4.39 Å². The molecule has 0 aliphatic heterocycles. The highest BCUT2D eigenvalue weighted by Gasteiger charge is 2.27. The zero-order valence-electron chi connectivity index (χ0n) is 13.3. The van der Waals surface area contributed by atoms with Crippen molar-refractivity contribution in [3.63, 3.8) is 0 Å². The number of hydrogen-bond donors (Lipinski definition) is 1. The number of halogens is 1. The maximum absolute atomic E-state index is 13.0. The fourth-order valence-corrected chi connectivity index (χ4v) is 2.78. The minimum atomic E-state index is -0.145. The molecule has 1 aromatic carbocycles. The lowest BCUT2D eigenvalue weighted by atomic mass is 9.75. The molecule has 2 heteroatoms. The fourth-order valence-electron chi connectivity index (χ4n) is 2.78. The summed E-state index contributed by atoms with van der Waals surface area (Å²) in [6, 6.07) is 7.03. The number of unbranched alkanes of at least 4 members (excludes halogenated alkanes) is 1. The van der Waals surface area contributed by atoms with E-state index in [0.29, 0.717) is 5.41 Å². The van der Waals surface area contributed by atoms with E-state index < -0.39 is 0 Å². The first-order valence-corrected chi connectivity index (χ1v) is 8.11. The molecule has 0 bridgehead atoms. The average Bonchev–Trinajstić information content (AvgIpc) is 2.47. The van der Waals surface area contributed by atoms with Crippen molar-refractivity contribution in [3.05, 3.63) is 35.6 Å². The molecule has 0 aliphatic carbocycles. The molecule has 0 saturated heterocycles. The van der Waals surface area contributed by atoms with Gasteiger partial charge in [0.2, 0.25) is 0 Å². The molecular weight excluding hydrogens is 249 g/mol. The third-order valence-corrected chi connectivity index (χ3v) is 4.23. The summed E-state index contributed by atoms with van der Waals surface area (Å²) < 4.78 is 13.0. The van der Waals surface area contributed by atoms with E-state index in [0.717, 1.165) is 19.5 Å². The maximum Gasteiger partial charge on any atom is 0.123 e. The summed E-state index contributed by atoms with van der Waals surface area (Å²) in [6.45, 7) is 8.88. The van der Waals surface area contributed by atoms with Gasteiger partial charge in [-0.3, -0.25) is 0 Å². The van der Waals surface area contributed by atoms with Gasteiger partial charge in [0.15, 0.2) is 0 Å². The molecule has 20 heavy (non-hydrogen) atoms. The molecule has 0 aliphatic rings. The Bertz CT molecular complexity index is 360. The Balaban J connectivity index is 2.75. The zero-order valence-corrected chi connectivity index (χ0v) is 13.3. The van der Waals surface area contributed by atoms with Crippen molar-refractivity contribution in [3.8, 4) is 0 Å². The fraction of sp³-hybridized carbons (Fsp3) is 0.667. The summed E-state index contributed by atoms with van der Waals surface area (Å²) in [6.07, 6.45) is 7.13. The molecule has 0 amide bonds. The van der Waals surface area contributed by atoms with Gasteiger partial charge in [-0.25, -0.2) is 4.39 Å². The molecule has 0 radical (unpaired) electrons. The monoisotopic (exact) mass is 279 g/mol. The van der Waals surface area contributed by atoms with Crippen molar-refractivity contribution in [2.45, 2.75) is 59.3 Å². The van der Waals surface area contributed by atoms with Crippen molar-refractivity contribution in [2.75, 3.05) is 13.1 Å². The lowest BCUT2D eigenvalue weighted by Crippen LogP contribution is -2.36. The maximum atomic E-state index is 13.0. The lowest BCUT2D eigenvalue weighted by molar-refractivity contribution is 0.229. The molecule has 0 aromatic heterocycles. The van der Waals surface area contributed by atoms with Crippen molar-refractivity contribution < 1.29 is 4.39 Å². The molecule has 1 atom stereocenters. The second-order valence-electron chi connectivity index (χ2n) is 5.94.